The van der Waals surface area contributed by atoms with Gasteiger partial charge in [-0.25, -0.2) is 0 Å². The Morgan fingerprint density at radius 3 is 2.25 bits per heavy atom. The minimum absolute atomic E-state index is 0.0296. The molecule has 0 radical (unpaired) electrons. The quantitative estimate of drug-likeness (QED) is 0.600. The van der Waals surface area contributed by atoms with Crippen LogP contribution < -0.4 is 10.1 Å². The van der Waals surface area contributed by atoms with Crippen LogP contribution in [0, 0.1) is 11.8 Å². The molecule has 1 saturated carbocycles. The minimum Gasteiger partial charge on any atom is -0.484 e. The topological polar surface area (TPSA) is 58.6 Å². The lowest BCUT2D eigenvalue weighted by atomic mass is 10.0. The Balaban J connectivity index is 1.13. The van der Waals surface area contributed by atoms with Gasteiger partial charge in [-0.3, -0.25) is 9.59 Å². The van der Waals surface area contributed by atoms with Crippen molar-refractivity contribution in [1.82, 2.24) is 10.2 Å². The molecule has 1 aliphatic carbocycles. The molecule has 7 heteroatoms. The number of nitrogens with zero attached hydrogens (tertiary/aromatic N) is 1. The minimum atomic E-state index is -0.144. The number of hydrogen-bond acceptors (Lipinski definition) is 3. The number of amides is 2. The summed E-state index contributed by atoms with van der Waals surface area (Å²) in [7, 11) is 0. The summed E-state index contributed by atoms with van der Waals surface area (Å²) >= 11 is 11.8. The Bertz CT molecular complexity index is 925. The second kappa shape index (κ2) is 10.6. The normalized spacial score (nSPS) is 20.6. The highest BCUT2D eigenvalue weighted by Gasteiger charge is 2.44. The highest BCUT2D eigenvalue weighted by Crippen LogP contribution is 2.43. The van der Waals surface area contributed by atoms with Gasteiger partial charge < -0.3 is 15.0 Å². The van der Waals surface area contributed by atoms with E-state index in [1.54, 1.807) is 24.3 Å². The maximum atomic E-state index is 12.8. The first kappa shape index (κ1) is 22.9. The van der Waals surface area contributed by atoms with Crippen LogP contribution in [0.25, 0.3) is 0 Å². The number of halogens is 2. The predicted molar refractivity (Wildman–Crippen MR) is 126 cm³/mol. The second-order valence-electron chi connectivity index (χ2n) is 8.68. The van der Waals surface area contributed by atoms with Crippen molar-refractivity contribution in [3.8, 4) is 5.75 Å². The molecule has 2 atom stereocenters. The second-order valence-corrected chi connectivity index (χ2v) is 9.55. The molecule has 0 unspecified atom stereocenters. The number of likely N-dealkylation sites (tertiary alicyclic amines) is 1. The molecule has 4 rings (SSSR count). The molecule has 32 heavy (non-hydrogen) atoms. The lowest BCUT2D eigenvalue weighted by Crippen LogP contribution is -2.48. The SMILES string of the molecule is O=C(COc1ccc(Cl)cc1)NC1CCN(C(=O)[C@H]2C[C@@H]2CCc2ccc(Cl)cc2)CC1. The van der Waals surface area contributed by atoms with E-state index in [1.807, 2.05) is 17.0 Å². The van der Waals surface area contributed by atoms with Crippen LogP contribution >= 0.6 is 23.2 Å². The Morgan fingerprint density at radius 1 is 0.969 bits per heavy atom. The lowest BCUT2D eigenvalue weighted by Gasteiger charge is -2.32. The smallest absolute Gasteiger partial charge is 0.258 e. The van der Waals surface area contributed by atoms with Crippen molar-refractivity contribution < 1.29 is 14.3 Å². The van der Waals surface area contributed by atoms with Crippen LogP contribution in [0.15, 0.2) is 48.5 Å². The van der Waals surface area contributed by atoms with Gasteiger partial charge in [-0.2, -0.15) is 0 Å². The third-order valence-corrected chi connectivity index (χ3v) is 6.82. The van der Waals surface area contributed by atoms with Gasteiger partial charge in [0.05, 0.1) is 0 Å². The van der Waals surface area contributed by atoms with E-state index in [2.05, 4.69) is 17.4 Å². The van der Waals surface area contributed by atoms with E-state index in [9.17, 15) is 9.59 Å². The molecule has 2 aliphatic rings. The summed E-state index contributed by atoms with van der Waals surface area (Å²) in [5.41, 5.74) is 1.27. The van der Waals surface area contributed by atoms with Crippen molar-refractivity contribution in [3.05, 3.63) is 64.1 Å². The van der Waals surface area contributed by atoms with Gasteiger partial charge in [-0.15, -0.1) is 0 Å². The first-order valence-corrected chi connectivity index (χ1v) is 11.9. The zero-order chi connectivity index (χ0) is 22.5. The molecule has 0 bridgehead atoms. The third-order valence-electron chi connectivity index (χ3n) is 6.31. The molecule has 1 saturated heterocycles. The highest BCUT2D eigenvalue weighted by atomic mass is 35.5. The standard InChI is InChI=1S/C25H28Cl2N2O3/c26-19-5-2-17(3-6-19)1-4-18-15-23(18)25(31)29-13-11-21(12-14-29)28-24(30)16-32-22-9-7-20(27)8-10-22/h2-3,5-10,18,21,23H,1,4,11-16H2,(H,28,30)/t18-,23-/m0/s1. The molecular weight excluding hydrogens is 447 g/mol. The molecule has 1 aliphatic heterocycles. The lowest BCUT2D eigenvalue weighted by molar-refractivity contribution is -0.134. The number of aryl methyl sites for hydroxylation is 1. The molecular formula is C25H28Cl2N2O3. The number of hydrogen-bond donors (Lipinski definition) is 1. The molecule has 2 amide bonds. The van der Waals surface area contributed by atoms with Crippen molar-refractivity contribution in [2.45, 2.75) is 38.1 Å². The summed E-state index contributed by atoms with van der Waals surface area (Å²) in [6, 6.07) is 15.0. The van der Waals surface area contributed by atoms with E-state index in [0.29, 0.717) is 29.8 Å². The fourth-order valence-electron chi connectivity index (χ4n) is 4.30. The van der Waals surface area contributed by atoms with Crippen molar-refractivity contribution in [2.24, 2.45) is 11.8 Å². The Labute approximate surface area is 199 Å². The Kier molecular flexibility index (Phi) is 7.59. The van der Waals surface area contributed by atoms with Gasteiger partial charge in [0.2, 0.25) is 5.91 Å². The Hall–Kier alpha value is -2.24. The van der Waals surface area contributed by atoms with Crippen molar-refractivity contribution in [3.63, 3.8) is 0 Å². The summed E-state index contributed by atoms with van der Waals surface area (Å²) in [5, 5.41) is 4.40. The van der Waals surface area contributed by atoms with Crippen molar-refractivity contribution in [1.29, 1.82) is 0 Å². The van der Waals surface area contributed by atoms with E-state index >= 15 is 0 Å². The summed E-state index contributed by atoms with van der Waals surface area (Å²) in [5.74, 6) is 1.40. The van der Waals surface area contributed by atoms with Gasteiger partial charge in [-0.1, -0.05) is 35.3 Å². The van der Waals surface area contributed by atoms with Crippen LogP contribution in [-0.2, 0) is 16.0 Å². The fraction of sp³-hybridized carbons (Fsp3) is 0.440. The predicted octanol–water partition coefficient (Wildman–Crippen LogP) is 4.75. The van der Waals surface area contributed by atoms with Crippen LogP contribution in [0.3, 0.4) is 0 Å². The number of carbonyl (C=O) groups excluding carboxylic acids is 2. The van der Waals surface area contributed by atoms with Crippen LogP contribution in [0.4, 0.5) is 0 Å². The molecule has 2 fully saturated rings. The van der Waals surface area contributed by atoms with E-state index in [-0.39, 0.29) is 30.4 Å². The monoisotopic (exact) mass is 474 g/mol. The molecule has 5 nitrogen and oxygen atoms in total. The summed E-state index contributed by atoms with van der Waals surface area (Å²) in [4.78, 5) is 27.0. The zero-order valence-electron chi connectivity index (χ0n) is 17.9. The first-order valence-electron chi connectivity index (χ1n) is 11.2. The van der Waals surface area contributed by atoms with E-state index in [4.69, 9.17) is 27.9 Å². The first-order chi connectivity index (χ1) is 15.5. The molecule has 2 aromatic carbocycles. The average Bonchev–Trinajstić information content (AvgIpc) is 3.58. The third kappa shape index (κ3) is 6.39. The molecule has 0 spiro atoms. The molecule has 2 aromatic rings. The van der Waals surface area contributed by atoms with Gasteiger partial charge in [0.25, 0.3) is 5.91 Å². The van der Waals surface area contributed by atoms with Gasteiger partial charge in [0.1, 0.15) is 5.75 Å². The van der Waals surface area contributed by atoms with Gasteiger partial charge in [0, 0.05) is 35.1 Å². The molecule has 1 heterocycles. The number of rotatable bonds is 8. The van der Waals surface area contributed by atoms with Crippen molar-refractivity contribution in [2.75, 3.05) is 19.7 Å². The number of benzene rings is 2. The molecule has 0 aromatic heterocycles. The summed E-state index contributed by atoms with van der Waals surface area (Å²) in [6.45, 7) is 1.36. The summed E-state index contributed by atoms with van der Waals surface area (Å²) < 4.78 is 5.49. The van der Waals surface area contributed by atoms with Crippen molar-refractivity contribution >= 4 is 35.0 Å². The van der Waals surface area contributed by atoms with E-state index in [1.165, 1.54) is 5.56 Å². The van der Waals surface area contributed by atoms with Gasteiger partial charge in [-0.05, 0) is 80.0 Å². The van der Waals surface area contributed by atoms with Gasteiger partial charge in [0.15, 0.2) is 6.61 Å². The molecule has 1 N–H and O–H groups in total. The Morgan fingerprint density at radius 2 is 1.59 bits per heavy atom. The van der Waals surface area contributed by atoms with Crippen LogP contribution in [-0.4, -0.2) is 42.5 Å². The van der Waals surface area contributed by atoms with E-state index in [0.717, 1.165) is 37.1 Å². The summed E-state index contributed by atoms with van der Waals surface area (Å²) in [6.07, 6.45) is 4.57. The number of ether oxygens (including phenoxy) is 1. The van der Waals surface area contributed by atoms with E-state index < -0.39 is 0 Å². The van der Waals surface area contributed by atoms with Crippen LogP contribution in [0.5, 0.6) is 5.75 Å². The zero-order valence-corrected chi connectivity index (χ0v) is 19.4. The maximum Gasteiger partial charge on any atom is 0.258 e. The number of nitrogens with one attached hydrogen (secondary N) is 1. The molecule has 170 valence electrons. The number of piperidine rings is 1. The largest absolute Gasteiger partial charge is 0.484 e. The van der Waals surface area contributed by atoms with Crippen LogP contribution in [0.1, 0.15) is 31.2 Å². The maximum absolute atomic E-state index is 12.8. The fourth-order valence-corrected chi connectivity index (χ4v) is 4.55. The van der Waals surface area contributed by atoms with Gasteiger partial charge >= 0.3 is 0 Å². The number of carbonyl (C=O) groups is 2. The average molecular weight is 475 g/mol. The highest BCUT2D eigenvalue weighted by molar-refractivity contribution is 6.30. The van der Waals surface area contributed by atoms with Crippen LogP contribution in [0.2, 0.25) is 10.0 Å².